The molecule has 3 aliphatic rings. The lowest BCUT2D eigenvalue weighted by molar-refractivity contribution is -0.136. The molecule has 7 heteroatoms. The van der Waals surface area contributed by atoms with Crippen LogP contribution in [0.1, 0.15) is 60.0 Å². The van der Waals surface area contributed by atoms with E-state index in [9.17, 15) is 14.4 Å². The van der Waals surface area contributed by atoms with Crippen molar-refractivity contribution in [2.24, 2.45) is 5.92 Å². The third-order valence-corrected chi connectivity index (χ3v) is 6.42. The van der Waals surface area contributed by atoms with E-state index in [1.807, 2.05) is 12.1 Å². The van der Waals surface area contributed by atoms with E-state index in [-0.39, 0.29) is 24.1 Å². The molecule has 3 heterocycles. The molecule has 0 aliphatic carbocycles. The smallest absolute Gasteiger partial charge is 0.255 e. The standard InChI is InChI=1S/C22H30N4O3/c27-20-7-6-19(21(28)25-20)26-14-18-16(4-1-5-17(18)22(26)29)13-24-12-9-15-3-2-10-23-11-8-15/h1,4-5,15,19,23-24H,2-3,6-14H2,(H,25,27,28). The van der Waals surface area contributed by atoms with Gasteiger partial charge in [-0.2, -0.15) is 0 Å². The molecule has 0 saturated carbocycles. The summed E-state index contributed by atoms with van der Waals surface area (Å²) in [6, 6.07) is 5.25. The van der Waals surface area contributed by atoms with Gasteiger partial charge in [0.05, 0.1) is 0 Å². The first-order valence-electron chi connectivity index (χ1n) is 10.8. The molecule has 1 aromatic rings. The predicted molar refractivity (Wildman–Crippen MR) is 109 cm³/mol. The van der Waals surface area contributed by atoms with Gasteiger partial charge in [-0.05, 0) is 74.8 Å². The quantitative estimate of drug-likeness (QED) is 0.497. The Morgan fingerprint density at radius 2 is 2.00 bits per heavy atom. The van der Waals surface area contributed by atoms with Crippen LogP contribution < -0.4 is 16.0 Å². The molecule has 0 aromatic heterocycles. The molecule has 2 fully saturated rings. The van der Waals surface area contributed by atoms with Gasteiger partial charge >= 0.3 is 0 Å². The Balaban J connectivity index is 1.35. The summed E-state index contributed by atoms with van der Waals surface area (Å²) >= 11 is 0. The van der Waals surface area contributed by atoms with Crippen molar-refractivity contribution in [1.82, 2.24) is 20.9 Å². The number of nitrogens with one attached hydrogen (secondary N) is 3. The fraction of sp³-hybridized carbons (Fsp3) is 0.591. The molecular weight excluding hydrogens is 368 g/mol. The zero-order chi connectivity index (χ0) is 20.2. The Morgan fingerprint density at radius 1 is 1.10 bits per heavy atom. The molecule has 0 spiro atoms. The number of amides is 3. The van der Waals surface area contributed by atoms with Crippen LogP contribution in [-0.4, -0.2) is 48.3 Å². The molecular formula is C22H30N4O3. The molecule has 0 radical (unpaired) electrons. The van der Waals surface area contributed by atoms with Crippen LogP contribution in [0.15, 0.2) is 18.2 Å². The van der Waals surface area contributed by atoms with Crippen molar-refractivity contribution in [3.05, 3.63) is 34.9 Å². The van der Waals surface area contributed by atoms with E-state index in [1.165, 1.54) is 25.7 Å². The van der Waals surface area contributed by atoms with E-state index in [0.29, 0.717) is 18.5 Å². The van der Waals surface area contributed by atoms with Gasteiger partial charge in [0.15, 0.2) is 0 Å². The summed E-state index contributed by atoms with van der Waals surface area (Å²) in [6.07, 6.45) is 5.66. The van der Waals surface area contributed by atoms with E-state index in [4.69, 9.17) is 0 Å². The van der Waals surface area contributed by atoms with E-state index >= 15 is 0 Å². The van der Waals surface area contributed by atoms with Crippen LogP contribution in [0.3, 0.4) is 0 Å². The van der Waals surface area contributed by atoms with Gasteiger partial charge in [0.25, 0.3) is 5.91 Å². The Hall–Kier alpha value is -2.25. The molecule has 29 heavy (non-hydrogen) atoms. The Labute approximate surface area is 171 Å². The summed E-state index contributed by atoms with van der Waals surface area (Å²) in [5.41, 5.74) is 2.81. The number of nitrogens with zero attached hydrogens (tertiary/aromatic N) is 1. The molecule has 2 saturated heterocycles. The molecule has 3 aliphatic heterocycles. The molecule has 1 aromatic carbocycles. The van der Waals surface area contributed by atoms with Gasteiger partial charge in [0.2, 0.25) is 11.8 Å². The van der Waals surface area contributed by atoms with Crippen molar-refractivity contribution in [2.75, 3.05) is 19.6 Å². The summed E-state index contributed by atoms with van der Waals surface area (Å²) in [5, 5.41) is 9.36. The van der Waals surface area contributed by atoms with Crippen LogP contribution in [0, 0.1) is 5.92 Å². The summed E-state index contributed by atoms with van der Waals surface area (Å²) < 4.78 is 0. The first-order valence-corrected chi connectivity index (χ1v) is 10.8. The number of carbonyl (C=O) groups is 3. The van der Waals surface area contributed by atoms with Gasteiger partial charge in [-0.25, -0.2) is 0 Å². The minimum atomic E-state index is -0.558. The van der Waals surface area contributed by atoms with Gasteiger partial charge in [-0.3, -0.25) is 19.7 Å². The van der Waals surface area contributed by atoms with Crippen molar-refractivity contribution in [3.8, 4) is 0 Å². The van der Waals surface area contributed by atoms with Gasteiger partial charge in [0.1, 0.15) is 6.04 Å². The highest BCUT2D eigenvalue weighted by Gasteiger charge is 2.39. The van der Waals surface area contributed by atoms with Crippen molar-refractivity contribution in [2.45, 2.75) is 57.7 Å². The number of hydrogen-bond donors (Lipinski definition) is 3. The molecule has 3 N–H and O–H groups in total. The highest BCUT2D eigenvalue weighted by Crippen LogP contribution is 2.29. The maximum absolute atomic E-state index is 12.9. The van der Waals surface area contributed by atoms with Crippen LogP contribution in [0.5, 0.6) is 0 Å². The Bertz CT molecular complexity index is 786. The fourth-order valence-electron chi connectivity index (χ4n) is 4.72. The largest absolute Gasteiger partial charge is 0.322 e. The summed E-state index contributed by atoms with van der Waals surface area (Å²) in [6.45, 7) is 4.39. The lowest BCUT2D eigenvalue weighted by Crippen LogP contribution is -2.52. The number of benzene rings is 1. The van der Waals surface area contributed by atoms with E-state index in [1.54, 1.807) is 4.90 Å². The van der Waals surface area contributed by atoms with Crippen LogP contribution >= 0.6 is 0 Å². The SMILES string of the molecule is O=C1CCC(N2Cc3c(CNCCC4CCCNCC4)cccc3C2=O)C(=O)N1. The van der Waals surface area contributed by atoms with Crippen molar-refractivity contribution in [3.63, 3.8) is 0 Å². The Kier molecular flexibility index (Phi) is 6.25. The minimum Gasteiger partial charge on any atom is -0.322 e. The third-order valence-electron chi connectivity index (χ3n) is 6.42. The summed E-state index contributed by atoms with van der Waals surface area (Å²) in [4.78, 5) is 38.1. The predicted octanol–water partition coefficient (Wildman–Crippen LogP) is 1.32. The van der Waals surface area contributed by atoms with Crippen LogP contribution in [-0.2, 0) is 22.7 Å². The zero-order valence-corrected chi connectivity index (χ0v) is 16.8. The third kappa shape index (κ3) is 4.51. The number of imide groups is 1. The highest BCUT2D eigenvalue weighted by atomic mass is 16.2. The molecule has 156 valence electrons. The topological polar surface area (TPSA) is 90.5 Å². The van der Waals surface area contributed by atoms with Gasteiger partial charge in [-0.15, -0.1) is 0 Å². The fourth-order valence-corrected chi connectivity index (χ4v) is 4.72. The van der Waals surface area contributed by atoms with Gasteiger partial charge < -0.3 is 15.5 Å². The molecule has 3 amide bonds. The summed E-state index contributed by atoms with van der Waals surface area (Å²) in [7, 11) is 0. The first-order chi connectivity index (χ1) is 14.1. The Morgan fingerprint density at radius 3 is 2.86 bits per heavy atom. The van der Waals surface area contributed by atoms with Crippen LogP contribution in [0.2, 0.25) is 0 Å². The van der Waals surface area contributed by atoms with Crippen molar-refractivity contribution >= 4 is 17.7 Å². The van der Waals surface area contributed by atoms with E-state index < -0.39 is 6.04 Å². The minimum absolute atomic E-state index is 0.109. The summed E-state index contributed by atoms with van der Waals surface area (Å²) in [5.74, 6) is 0.0515. The lowest BCUT2D eigenvalue weighted by Gasteiger charge is -2.29. The highest BCUT2D eigenvalue weighted by molar-refractivity contribution is 6.05. The molecule has 7 nitrogen and oxygen atoms in total. The molecule has 4 rings (SSSR count). The van der Waals surface area contributed by atoms with E-state index in [2.05, 4.69) is 22.0 Å². The number of carbonyl (C=O) groups excluding carboxylic acids is 3. The number of fused-ring (bicyclic) bond motifs is 1. The van der Waals surface area contributed by atoms with E-state index in [0.717, 1.165) is 43.2 Å². The van der Waals surface area contributed by atoms with Gasteiger partial charge in [-0.1, -0.05) is 12.1 Å². The average molecular weight is 399 g/mol. The lowest BCUT2D eigenvalue weighted by atomic mass is 9.97. The zero-order valence-electron chi connectivity index (χ0n) is 16.8. The van der Waals surface area contributed by atoms with Crippen LogP contribution in [0.4, 0.5) is 0 Å². The van der Waals surface area contributed by atoms with Gasteiger partial charge in [0, 0.05) is 25.1 Å². The molecule has 2 unspecified atom stereocenters. The number of hydrogen-bond acceptors (Lipinski definition) is 5. The monoisotopic (exact) mass is 398 g/mol. The second-order valence-electron chi connectivity index (χ2n) is 8.36. The van der Waals surface area contributed by atoms with Crippen molar-refractivity contribution in [1.29, 1.82) is 0 Å². The second-order valence-corrected chi connectivity index (χ2v) is 8.36. The first kappa shape index (κ1) is 20.0. The van der Waals surface area contributed by atoms with Crippen molar-refractivity contribution < 1.29 is 14.4 Å². The van der Waals surface area contributed by atoms with Crippen LogP contribution in [0.25, 0.3) is 0 Å². The second kappa shape index (κ2) is 9.05. The normalized spacial score (nSPS) is 25.0. The maximum Gasteiger partial charge on any atom is 0.255 e. The maximum atomic E-state index is 12.9. The number of piperidine rings is 1. The molecule has 0 bridgehead atoms. The molecule has 2 atom stereocenters. The number of rotatable bonds is 6. The average Bonchev–Trinajstić information content (AvgIpc) is 2.88.